The van der Waals surface area contributed by atoms with Crippen LogP contribution in [0.15, 0.2) is 66.7 Å². The predicted molar refractivity (Wildman–Crippen MR) is 177 cm³/mol. The van der Waals surface area contributed by atoms with E-state index in [-0.39, 0.29) is 30.5 Å². The van der Waals surface area contributed by atoms with Crippen molar-refractivity contribution in [3.63, 3.8) is 0 Å². The summed E-state index contributed by atoms with van der Waals surface area (Å²) in [7, 11) is 1.62. The quantitative estimate of drug-likeness (QED) is 0.181. The lowest BCUT2D eigenvalue weighted by Crippen LogP contribution is -2.27. The van der Waals surface area contributed by atoms with Crippen LogP contribution in [0.2, 0.25) is 0 Å². The predicted octanol–water partition coefficient (Wildman–Crippen LogP) is 8.89. The van der Waals surface area contributed by atoms with Crippen LogP contribution in [0, 0.1) is 0 Å². The molecule has 3 aromatic rings. The number of esters is 1. The standard InChI is InChI=1S/C38H50O7/c1-7-27(29-11-16-32(39)17-12-29)23-31(22-26(2)28-13-18-33(19-14-28)44-37-10-8-9-21-42-37)30-15-20-34(35(24-30)41-6)43-25-36(40)45-38(3,4)5/h11-20,24,26-27,31,37,39H,7-10,21-23,25H2,1-6H3. The molecule has 1 aliphatic heterocycles. The number of ether oxygens (including phenoxy) is 5. The Bertz CT molecular complexity index is 1340. The molecule has 1 N–H and O–H groups in total. The lowest BCUT2D eigenvalue weighted by Gasteiger charge is -2.27. The molecule has 0 bridgehead atoms. The Morgan fingerprint density at radius 2 is 1.60 bits per heavy atom. The molecule has 4 atom stereocenters. The van der Waals surface area contributed by atoms with Crippen molar-refractivity contribution in [2.45, 2.75) is 103 Å². The zero-order chi connectivity index (χ0) is 32.4. The fourth-order valence-electron chi connectivity index (χ4n) is 5.96. The SMILES string of the molecule is CCC(CC(CC(C)c1ccc(OC2CCCCO2)cc1)c1ccc(OCC(=O)OC(C)(C)C)c(OC)c1)c1ccc(O)cc1. The molecule has 0 aromatic heterocycles. The van der Waals surface area contributed by atoms with Crippen LogP contribution in [0.4, 0.5) is 0 Å². The van der Waals surface area contributed by atoms with E-state index < -0.39 is 11.6 Å². The number of rotatable bonds is 14. The van der Waals surface area contributed by atoms with Gasteiger partial charge in [-0.2, -0.15) is 0 Å². The maximum absolute atomic E-state index is 12.3. The van der Waals surface area contributed by atoms with Gasteiger partial charge in [0.15, 0.2) is 24.4 Å². The Kier molecular flexibility index (Phi) is 12.2. The number of phenolic OH excluding ortho intramolecular Hbond substituents is 1. The molecular formula is C38H50O7. The summed E-state index contributed by atoms with van der Waals surface area (Å²) in [5.41, 5.74) is 3.03. The van der Waals surface area contributed by atoms with E-state index in [1.165, 1.54) is 11.1 Å². The summed E-state index contributed by atoms with van der Waals surface area (Å²) in [6.07, 6.45) is 5.80. The van der Waals surface area contributed by atoms with Crippen molar-refractivity contribution < 1.29 is 33.6 Å². The van der Waals surface area contributed by atoms with Gasteiger partial charge in [-0.1, -0.05) is 44.2 Å². The summed E-state index contributed by atoms with van der Waals surface area (Å²) in [5.74, 6) is 2.55. The number of phenols is 1. The Balaban J connectivity index is 1.54. The van der Waals surface area contributed by atoms with E-state index in [9.17, 15) is 9.90 Å². The Morgan fingerprint density at radius 3 is 2.22 bits per heavy atom. The van der Waals surface area contributed by atoms with Crippen molar-refractivity contribution in [3.05, 3.63) is 83.4 Å². The average Bonchev–Trinajstić information content (AvgIpc) is 3.02. The smallest absolute Gasteiger partial charge is 0.344 e. The molecule has 4 rings (SSSR count). The van der Waals surface area contributed by atoms with Crippen LogP contribution < -0.4 is 14.2 Å². The van der Waals surface area contributed by atoms with E-state index in [2.05, 4.69) is 32.0 Å². The fraction of sp³-hybridized carbons (Fsp3) is 0.500. The van der Waals surface area contributed by atoms with E-state index >= 15 is 0 Å². The van der Waals surface area contributed by atoms with Gasteiger partial charge in [0, 0.05) is 6.42 Å². The largest absolute Gasteiger partial charge is 0.508 e. The van der Waals surface area contributed by atoms with E-state index in [4.69, 9.17) is 23.7 Å². The molecule has 1 heterocycles. The van der Waals surface area contributed by atoms with Crippen LogP contribution in [-0.2, 0) is 14.3 Å². The first-order valence-electron chi connectivity index (χ1n) is 16.2. The number of benzene rings is 3. The topological polar surface area (TPSA) is 83.5 Å². The lowest BCUT2D eigenvalue weighted by atomic mass is 9.78. The van der Waals surface area contributed by atoms with Crippen LogP contribution in [0.25, 0.3) is 0 Å². The molecule has 1 aliphatic rings. The lowest BCUT2D eigenvalue weighted by molar-refractivity contribution is -0.157. The summed E-state index contributed by atoms with van der Waals surface area (Å²) in [5, 5.41) is 9.87. The highest BCUT2D eigenvalue weighted by atomic mass is 16.7. The van der Waals surface area contributed by atoms with Gasteiger partial charge in [-0.25, -0.2) is 4.79 Å². The Morgan fingerprint density at radius 1 is 0.911 bits per heavy atom. The van der Waals surface area contributed by atoms with Gasteiger partial charge in [-0.05, 0) is 124 Å². The molecule has 0 spiro atoms. The molecule has 1 fully saturated rings. The van der Waals surface area contributed by atoms with Gasteiger partial charge in [0.1, 0.15) is 17.1 Å². The van der Waals surface area contributed by atoms with Crippen molar-refractivity contribution in [2.75, 3.05) is 20.3 Å². The van der Waals surface area contributed by atoms with Crippen molar-refractivity contribution >= 4 is 5.97 Å². The van der Waals surface area contributed by atoms with E-state index in [0.717, 1.165) is 56.4 Å². The highest BCUT2D eigenvalue weighted by Crippen LogP contribution is 2.41. The molecule has 7 nitrogen and oxygen atoms in total. The van der Waals surface area contributed by atoms with E-state index in [1.807, 2.05) is 57.2 Å². The summed E-state index contributed by atoms with van der Waals surface area (Å²) < 4.78 is 28.8. The number of carbonyl (C=O) groups is 1. The molecule has 7 heteroatoms. The summed E-state index contributed by atoms with van der Waals surface area (Å²) in [6.45, 7) is 10.5. The van der Waals surface area contributed by atoms with Crippen molar-refractivity contribution in [1.82, 2.24) is 0 Å². The van der Waals surface area contributed by atoms with Crippen LogP contribution >= 0.6 is 0 Å². The van der Waals surface area contributed by atoms with Gasteiger partial charge >= 0.3 is 5.97 Å². The second kappa shape index (κ2) is 16.0. The molecule has 4 unspecified atom stereocenters. The second-order valence-electron chi connectivity index (χ2n) is 13.0. The van der Waals surface area contributed by atoms with Crippen molar-refractivity contribution in [2.24, 2.45) is 0 Å². The number of methoxy groups -OCH3 is 1. The molecule has 1 saturated heterocycles. The number of hydrogen-bond acceptors (Lipinski definition) is 7. The van der Waals surface area contributed by atoms with Gasteiger partial charge in [-0.15, -0.1) is 0 Å². The van der Waals surface area contributed by atoms with Crippen LogP contribution in [-0.4, -0.2) is 43.3 Å². The maximum atomic E-state index is 12.3. The first-order chi connectivity index (χ1) is 21.5. The Labute approximate surface area is 268 Å². The minimum Gasteiger partial charge on any atom is -0.508 e. The normalized spacial score (nSPS) is 17.2. The summed E-state index contributed by atoms with van der Waals surface area (Å²) in [4.78, 5) is 12.3. The number of aromatic hydroxyl groups is 1. The Hall–Kier alpha value is -3.71. The van der Waals surface area contributed by atoms with E-state index in [1.54, 1.807) is 19.2 Å². The molecule has 0 radical (unpaired) electrons. The molecule has 3 aromatic carbocycles. The third-order valence-corrected chi connectivity index (χ3v) is 8.34. The minimum absolute atomic E-state index is 0.164. The molecular weight excluding hydrogens is 568 g/mol. The van der Waals surface area contributed by atoms with Crippen LogP contribution in [0.5, 0.6) is 23.0 Å². The second-order valence-corrected chi connectivity index (χ2v) is 13.0. The molecule has 244 valence electrons. The monoisotopic (exact) mass is 618 g/mol. The van der Waals surface area contributed by atoms with E-state index in [0.29, 0.717) is 17.4 Å². The highest BCUT2D eigenvalue weighted by Gasteiger charge is 2.24. The first-order valence-corrected chi connectivity index (χ1v) is 16.2. The summed E-state index contributed by atoms with van der Waals surface area (Å²) in [6, 6.07) is 22.0. The van der Waals surface area contributed by atoms with Gasteiger partial charge < -0.3 is 28.8 Å². The highest BCUT2D eigenvalue weighted by molar-refractivity contribution is 5.71. The molecule has 0 aliphatic carbocycles. The van der Waals surface area contributed by atoms with Gasteiger partial charge in [0.25, 0.3) is 0 Å². The number of hydrogen-bond donors (Lipinski definition) is 1. The average molecular weight is 619 g/mol. The molecule has 0 saturated carbocycles. The third-order valence-electron chi connectivity index (χ3n) is 8.34. The van der Waals surface area contributed by atoms with Crippen LogP contribution in [0.3, 0.4) is 0 Å². The first kappa shape index (κ1) is 34.2. The van der Waals surface area contributed by atoms with Gasteiger partial charge in [0.2, 0.25) is 0 Å². The minimum atomic E-state index is -0.581. The number of carbonyl (C=O) groups excluding carboxylic acids is 1. The molecule has 45 heavy (non-hydrogen) atoms. The van der Waals surface area contributed by atoms with Crippen molar-refractivity contribution in [1.29, 1.82) is 0 Å². The van der Waals surface area contributed by atoms with Gasteiger partial charge in [-0.3, -0.25) is 0 Å². The maximum Gasteiger partial charge on any atom is 0.344 e. The zero-order valence-electron chi connectivity index (χ0n) is 27.7. The van der Waals surface area contributed by atoms with Crippen molar-refractivity contribution in [3.8, 4) is 23.0 Å². The summed E-state index contributed by atoms with van der Waals surface area (Å²) >= 11 is 0. The van der Waals surface area contributed by atoms with Crippen LogP contribution in [0.1, 0.15) is 108 Å². The fourth-order valence-corrected chi connectivity index (χ4v) is 5.96. The zero-order valence-corrected chi connectivity index (χ0v) is 27.7. The van der Waals surface area contributed by atoms with Gasteiger partial charge in [0.05, 0.1) is 13.7 Å². The third kappa shape index (κ3) is 10.4. The molecule has 0 amide bonds.